The van der Waals surface area contributed by atoms with Crippen molar-refractivity contribution in [1.29, 1.82) is 0 Å². The summed E-state index contributed by atoms with van der Waals surface area (Å²) in [7, 11) is 8.53. The Morgan fingerprint density at radius 3 is 0.893 bits per heavy atom. The first-order valence-electron chi connectivity index (χ1n) is 18.3. The van der Waals surface area contributed by atoms with Crippen molar-refractivity contribution < 1.29 is 25.2 Å². The van der Waals surface area contributed by atoms with Crippen molar-refractivity contribution in [1.82, 2.24) is 0 Å². The quantitative estimate of drug-likeness (QED) is 0.117. The van der Waals surface area contributed by atoms with Crippen LogP contribution >= 0.6 is 46.2 Å². The van der Waals surface area contributed by atoms with Crippen molar-refractivity contribution in [3.8, 4) is 0 Å². The maximum Gasteiger partial charge on any atom is -0.0134 e. The third kappa shape index (κ3) is 12.6. The second kappa shape index (κ2) is 22.3. The minimum absolute atomic E-state index is 0.106. The van der Waals surface area contributed by atoms with Crippen LogP contribution in [0.5, 0.6) is 0 Å². The first kappa shape index (κ1) is 44.2. The van der Waals surface area contributed by atoms with Crippen molar-refractivity contribution in [2.45, 2.75) is 45.8 Å². The summed E-state index contributed by atoms with van der Waals surface area (Å²) in [6, 6.07) is 66.8. The van der Waals surface area contributed by atoms with Gasteiger partial charge in [-0.15, -0.1) is 11.3 Å². The summed E-state index contributed by atoms with van der Waals surface area (Å²) in [6.07, 6.45) is 0. The van der Waals surface area contributed by atoms with Gasteiger partial charge >= 0.3 is 42.1 Å². The molecule has 0 radical (unpaired) electrons. The first-order valence-corrected chi connectivity index (χ1v) is 25.8. The molecule has 1 aliphatic rings. The molecule has 8 rings (SSSR count). The van der Waals surface area contributed by atoms with Gasteiger partial charge in [0.05, 0.1) is 11.2 Å². The van der Waals surface area contributed by atoms with E-state index in [1.54, 1.807) is 11.3 Å². The van der Waals surface area contributed by atoms with Gasteiger partial charge in [-0.25, -0.2) is 0 Å². The Balaban J connectivity index is 0.000000156. The number of aryl methyl sites for hydroxylation is 1. The van der Waals surface area contributed by atoms with E-state index in [4.69, 9.17) is 28.4 Å². The Kier molecular flexibility index (Phi) is 17.6. The number of thiophene rings is 1. The molecule has 1 aliphatic heterocycles. The zero-order valence-electron chi connectivity index (χ0n) is 32.2. The molecule has 0 spiro atoms. The van der Waals surface area contributed by atoms with Gasteiger partial charge in [-0.1, -0.05) is 182 Å². The van der Waals surface area contributed by atoms with Crippen molar-refractivity contribution in [2.24, 2.45) is 0 Å². The van der Waals surface area contributed by atoms with Gasteiger partial charge in [0.2, 0.25) is 0 Å². The zero-order valence-corrected chi connectivity index (χ0v) is 37.9. The average molecular weight is 926 g/mol. The molecule has 0 aliphatic carbocycles. The molecule has 0 bridgehead atoms. The molecule has 9 heteroatoms. The van der Waals surface area contributed by atoms with E-state index in [0.29, 0.717) is 0 Å². The van der Waals surface area contributed by atoms with Crippen LogP contribution in [0.4, 0.5) is 0 Å². The molecule has 6 aromatic carbocycles. The van der Waals surface area contributed by atoms with E-state index in [2.05, 4.69) is 228 Å². The van der Waals surface area contributed by atoms with Gasteiger partial charge in [0, 0.05) is 4.88 Å². The monoisotopic (exact) mass is 924 g/mol. The molecular formula is C47H47BCl2O2P2PdS. The normalized spacial score (nSPS) is 13.8. The molecule has 1 saturated heterocycles. The van der Waals surface area contributed by atoms with E-state index in [9.17, 15) is 0 Å². The largest absolute Gasteiger partial charge is 0.0622 e. The summed E-state index contributed by atoms with van der Waals surface area (Å²) in [4.78, 5) is 1.29. The van der Waals surface area contributed by atoms with Gasteiger partial charge in [0.15, 0.2) is 0 Å². The average Bonchev–Trinajstić information content (AvgIpc) is 3.76. The summed E-state index contributed by atoms with van der Waals surface area (Å²) >= 11 is 1.63. The van der Waals surface area contributed by atoms with Crippen LogP contribution in [0.2, 0.25) is 0 Å². The summed E-state index contributed by atoms with van der Waals surface area (Å²) < 4.78 is 11.9. The second-order valence-electron chi connectivity index (χ2n) is 13.8. The number of halogens is 2. The second-order valence-corrected chi connectivity index (χ2v) is 21.7. The maximum atomic E-state index is 5.95. The topological polar surface area (TPSA) is 18.5 Å². The van der Waals surface area contributed by atoms with Gasteiger partial charge in [0.25, 0.3) is 0 Å². The molecule has 0 atom stereocenters. The fourth-order valence-corrected chi connectivity index (χ4v) is 11.2. The smallest absolute Gasteiger partial charge is 0.0134 e. The molecule has 7 aromatic rings. The van der Waals surface area contributed by atoms with Crippen LogP contribution in [0.25, 0.3) is 0 Å². The SMILES string of the molecule is Cc1cc(B2OC(C)(C)C(C)(C)O2)cs1.[Cl][Pd][Cl].c1ccc(P(c2ccccc2)c2ccccc2)cc1.c1ccc(P(c2ccccc2)c2ccccc2)cc1. The van der Waals surface area contributed by atoms with Gasteiger partial charge in [-0.3, -0.25) is 0 Å². The number of rotatable bonds is 7. The van der Waals surface area contributed by atoms with Crippen molar-refractivity contribution in [3.63, 3.8) is 0 Å². The number of hydrogen-bond acceptors (Lipinski definition) is 3. The maximum absolute atomic E-state index is 5.95. The number of benzene rings is 6. The van der Waals surface area contributed by atoms with Gasteiger partial charge < -0.3 is 9.31 Å². The van der Waals surface area contributed by atoms with Gasteiger partial charge in [-0.05, 0) is 99.2 Å². The first-order chi connectivity index (χ1) is 27.1. The van der Waals surface area contributed by atoms with Crippen LogP contribution in [-0.4, -0.2) is 18.3 Å². The number of hydrogen-bond donors (Lipinski definition) is 0. The van der Waals surface area contributed by atoms with Crippen molar-refractivity contribution >= 4 is 90.6 Å². The third-order valence-electron chi connectivity index (χ3n) is 9.36. The predicted octanol–water partition coefficient (Wildman–Crippen LogP) is 10.6. The summed E-state index contributed by atoms with van der Waals surface area (Å²) in [5, 5.41) is 10.5. The molecule has 0 saturated carbocycles. The summed E-state index contributed by atoms with van der Waals surface area (Å²) in [5.41, 5.74) is 0.650. The zero-order chi connectivity index (χ0) is 39.8. The summed E-state index contributed by atoms with van der Waals surface area (Å²) in [6.45, 7) is 10.4. The van der Waals surface area contributed by atoms with E-state index in [0.717, 1.165) is 5.46 Å². The molecule has 0 unspecified atom stereocenters. The van der Waals surface area contributed by atoms with E-state index in [-0.39, 0.29) is 34.3 Å². The molecule has 1 fully saturated rings. The molecule has 0 amide bonds. The molecule has 2 heterocycles. The van der Waals surface area contributed by atoms with Crippen LogP contribution in [0, 0.1) is 6.92 Å². The fraction of sp³-hybridized carbons (Fsp3) is 0.149. The molecule has 56 heavy (non-hydrogen) atoms. The van der Waals surface area contributed by atoms with E-state index in [1.165, 1.54) is 36.7 Å². The predicted molar refractivity (Wildman–Crippen MR) is 247 cm³/mol. The molecule has 290 valence electrons. The van der Waals surface area contributed by atoms with Crippen molar-refractivity contribution in [3.05, 3.63) is 198 Å². The Hall–Kier alpha value is -2.89. The van der Waals surface area contributed by atoms with E-state index < -0.39 is 15.8 Å². The Labute approximate surface area is 357 Å². The van der Waals surface area contributed by atoms with Gasteiger partial charge in [0.1, 0.15) is 0 Å². The van der Waals surface area contributed by atoms with Crippen LogP contribution < -0.4 is 37.3 Å². The van der Waals surface area contributed by atoms with Crippen LogP contribution in [0.1, 0.15) is 32.6 Å². The molecule has 0 N–H and O–H groups in total. The van der Waals surface area contributed by atoms with Crippen LogP contribution in [-0.2, 0) is 25.2 Å². The Morgan fingerprint density at radius 2 is 0.696 bits per heavy atom. The molecule has 2 nitrogen and oxygen atoms in total. The minimum atomic E-state index is -0.446. The standard InChI is InChI=1S/2C18H15P.C11H17BO2S.2ClH.Pd/c2*1-4-10-16(11-5-1)19(17-12-6-2-7-13-17)18-14-8-3-9-15-18;1-8-6-9(7-15-8)12-13-10(2,3)11(4,5)14-12;;;/h2*1-15H;6-7H,1-5H3;2*1H;/q;;;;;+2/p-2. The Morgan fingerprint density at radius 1 is 0.464 bits per heavy atom. The molecular weight excluding hydrogens is 879 g/mol. The van der Waals surface area contributed by atoms with Gasteiger partial charge in [-0.2, -0.15) is 0 Å². The van der Waals surface area contributed by atoms with E-state index >= 15 is 0 Å². The van der Waals surface area contributed by atoms with E-state index in [1.807, 2.05) is 0 Å². The third-order valence-corrected chi connectivity index (χ3v) is 15.1. The minimum Gasteiger partial charge on any atom is -0.0622 e. The molecule has 1 aromatic heterocycles. The Bertz CT molecular complexity index is 1810. The fourth-order valence-electron chi connectivity index (χ4n) is 5.92. The van der Waals surface area contributed by atoms with Crippen LogP contribution in [0.3, 0.4) is 0 Å². The van der Waals surface area contributed by atoms with Crippen molar-refractivity contribution in [2.75, 3.05) is 0 Å². The van der Waals surface area contributed by atoms with Crippen LogP contribution in [0.15, 0.2) is 193 Å². The summed E-state index contributed by atoms with van der Waals surface area (Å²) in [5.74, 6) is 0.